The molecule has 1 atom stereocenters. The minimum Gasteiger partial charge on any atom is -0.348 e. The van der Waals surface area contributed by atoms with Gasteiger partial charge in [-0.15, -0.1) is 0 Å². The summed E-state index contributed by atoms with van der Waals surface area (Å²) in [6.45, 7) is 2.86. The van der Waals surface area contributed by atoms with E-state index in [1.165, 1.54) is 0 Å². The fraction of sp³-hybridized carbons (Fsp3) is 0.556. The Labute approximate surface area is 147 Å². The summed E-state index contributed by atoms with van der Waals surface area (Å²) in [5.41, 5.74) is 3.07. The van der Waals surface area contributed by atoms with Crippen molar-refractivity contribution in [2.75, 3.05) is 32.1 Å². The average Bonchev–Trinajstić information content (AvgIpc) is 2.94. The van der Waals surface area contributed by atoms with Crippen LogP contribution in [0.4, 0.5) is 5.95 Å². The molecule has 0 radical (unpaired) electrons. The Balaban J connectivity index is 1.64. The molecular formula is C18H24N6O. The molecule has 1 saturated heterocycles. The van der Waals surface area contributed by atoms with E-state index >= 15 is 0 Å². The molecule has 1 aliphatic heterocycles. The number of nitrogens with zero attached hydrogens (tertiary/aromatic N) is 5. The van der Waals surface area contributed by atoms with Crippen LogP contribution in [-0.2, 0) is 18.4 Å². The Morgan fingerprint density at radius 3 is 2.84 bits per heavy atom. The topological polar surface area (TPSA) is 78.0 Å². The predicted octanol–water partition coefficient (Wildman–Crippen LogP) is 1.11. The summed E-state index contributed by atoms with van der Waals surface area (Å²) >= 11 is 0. The molecule has 1 spiro atoms. The van der Waals surface area contributed by atoms with Gasteiger partial charge in [0.2, 0.25) is 5.95 Å². The lowest BCUT2D eigenvalue weighted by atomic mass is 9.77. The summed E-state index contributed by atoms with van der Waals surface area (Å²) in [6.07, 6.45) is 9.39. The first-order chi connectivity index (χ1) is 12.1. The highest BCUT2D eigenvalue weighted by molar-refractivity contribution is 5.39. The van der Waals surface area contributed by atoms with Crippen molar-refractivity contribution < 1.29 is 0 Å². The van der Waals surface area contributed by atoms with E-state index in [1.807, 2.05) is 31.4 Å². The first kappa shape index (κ1) is 16.2. The lowest BCUT2D eigenvalue weighted by Gasteiger charge is -2.40. The van der Waals surface area contributed by atoms with Gasteiger partial charge in [0.1, 0.15) is 6.33 Å². The molecule has 132 valence electrons. The summed E-state index contributed by atoms with van der Waals surface area (Å²) in [5, 5.41) is 0. The Hall–Kier alpha value is -2.28. The highest BCUT2D eigenvalue weighted by Gasteiger charge is 2.44. The number of rotatable bonds is 3. The van der Waals surface area contributed by atoms with E-state index in [4.69, 9.17) is 4.98 Å². The van der Waals surface area contributed by atoms with Crippen LogP contribution in [0.15, 0.2) is 23.5 Å². The summed E-state index contributed by atoms with van der Waals surface area (Å²) in [7, 11) is 3.82. The molecule has 0 amide bonds. The fourth-order valence-corrected chi connectivity index (χ4v) is 4.28. The maximum absolute atomic E-state index is 12.5. The van der Waals surface area contributed by atoms with Crippen LogP contribution in [-0.4, -0.2) is 52.0 Å². The van der Waals surface area contributed by atoms with Crippen molar-refractivity contribution in [2.45, 2.75) is 37.6 Å². The molecule has 1 fully saturated rings. The maximum Gasteiger partial charge on any atom is 0.255 e. The van der Waals surface area contributed by atoms with Gasteiger partial charge in [-0.25, -0.2) is 15.0 Å². The normalized spacial score (nSPS) is 23.0. The molecule has 0 aromatic carbocycles. The number of aromatic amines is 1. The van der Waals surface area contributed by atoms with E-state index in [0.29, 0.717) is 5.95 Å². The van der Waals surface area contributed by atoms with Crippen LogP contribution in [0.25, 0.3) is 0 Å². The molecule has 0 saturated carbocycles. The number of likely N-dealkylation sites (tertiary alicyclic amines) is 1. The molecular weight excluding hydrogens is 316 g/mol. The van der Waals surface area contributed by atoms with Gasteiger partial charge < -0.3 is 4.90 Å². The largest absolute Gasteiger partial charge is 0.348 e. The summed E-state index contributed by atoms with van der Waals surface area (Å²) in [6, 6.07) is 0. The van der Waals surface area contributed by atoms with E-state index < -0.39 is 0 Å². The van der Waals surface area contributed by atoms with E-state index in [0.717, 1.165) is 62.1 Å². The second-order valence-corrected chi connectivity index (χ2v) is 7.45. The van der Waals surface area contributed by atoms with Gasteiger partial charge in [0.15, 0.2) is 0 Å². The van der Waals surface area contributed by atoms with Crippen LogP contribution in [0.1, 0.15) is 36.1 Å². The van der Waals surface area contributed by atoms with Crippen LogP contribution >= 0.6 is 0 Å². The SMILES string of the molecule is CN(C)c1nc2c(c(=O)[nH]1)CCC21CCCN(Cc2cncnc2)C1. The van der Waals surface area contributed by atoms with Gasteiger partial charge in [-0.1, -0.05) is 0 Å². The van der Waals surface area contributed by atoms with Gasteiger partial charge in [0.25, 0.3) is 5.56 Å². The molecule has 2 aromatic rings. The van der Waals surface area contributed by atoms with Gasteiger partial charge in [-0.05, 0) is 32.2 Å². The van der Waals surface area contributed by atoms with Crippen molar-refractivity contribution in [1.29, 1.82) is 0 Å². The number of nitrogens with one attached hydrogen (secondary N) is 1. The molecule has 7 heteroatoms. The number of H-pyrrole nitrogens is 1. The maximum atomic E-state index is 12.5. The minimum atomic E-state index is 0.00222. The monoisotopic (exact) mass is 340 g/mol. The first-order valence-electron chi connectivity index (χ1n) is 8.85. The van der Waals surface area contributed by atoms with Crippen LogP contribution in [0.3, 0.4) is 0 Å². The first-order valence-corrected chi connectivity index (χ1v) is 8.85. The van der Waals surface area contributed by atoms with Gasteiger partial charge in [0, 0.05) is 56.1 Å². The molecule has 25 heavy (non-hydrogen) atoms. The zero-order valence-electron chi connectivity index (χ0n) is 14.8. The van der Waals surface area contributed by atoms with Crippen molar-refractivity contribution in [3.8, 4) is 0 Å². The van der Waals surface area contributed by atoms with E-state index in [-0.39, 0.29) is 11.0 Å². The molecule has 2 aromatic heterocycles. The van der Waals surface area contributed by atoms with Crippen molar-refractivity contribution in [3.05, 3.63) is 45.9 Å². The highest BCUT2D eigenvalue weighted by atomic mass is 16.1. The summed E-state index contributed by atoms with van der Waals surface area (Å²) in [4.78, 5) is 32.8. The number of piperidine rings is 1. The summed E-state index contributed by atoms with van der Waals surface area (Å²) in [5.74, 6) is 0.651. The second kappa shape index (κ2) is 6.22. The molecule has 7 nitrogen and oxygen atoms in total. The molecule has 1 aliphatic carbocycles. The fourth-order valence-electron chi connectivity index (χ4n) is 4.28. The van der Waals surface area contributed by atoms with Crippen LogP contribution in [0.5, 0.6) is 0 Å². The standard InChI is InChI=1S/C18H24N6O/c1-23(2)17-21-15-14(16(25)22-17)4-6-18(15)5-3-7-24(11-18)10-13-8-19-12-20-9-13/h8-9,12H,3-7,10-11H2,1-2H3,(H,21,22,25). The quantitative estimate of drug-likeness (QED) is 0.902. The van der Waals surface area contributed by atoms with Gasteiger partial charge in [-0.2, -0.15) is 0 Å². The number of hydrogen-bond acceptors (Lipinski definition) is 6. The molecule has 0 bridgehead atoms. The third kappa shape index (κ3) is 2.93. The van der Waals surface area contributed by atoms with E-state index in [2.05, 4.69) is 19.9 Å². The highest BCUT2D eigenvalue weighted by Crippen LogP contribution is 2.43. The lowest BCUT2D eigenvalue weighted by Crippen LogP contribution is -2.45. The van der Waals surface area contributed by atoms with Crippen molar-refractivity contribution in [2.24, 2.45) is 0 Å². The zero-order chi connectivity index (χ0) is 17.4. The third-order valence-electron chi connectivity index (χ3n) is 5.46. The van der Waals surface area contributed by atoms with E-state index in [1.54, 1.807) is 6.33 Å². The summed E-state index contributed by atoms with van der Waals surface area (Å²) < 4.78 is 0. The lowest BCUT2D eigenvalue weighted by molar-refractivity contribution is 0.136. The average molecular weight is 340 g/mol. The Bertz CT molecular complexity index is 818. The second-order valence-electron chi connectivity index (χ2n) is 7.45. The van der Waals surface area contributed by atoms with Crippen LogP contribution < -0.4 is 10.5 Å². The van der Waals surface area contributed by atoms with Crippen molar-refractivity contribution in [3.63, 3.8) is 0 Å². The zero-order valence-corrected chi connectivity index (χ0v) is 14.8. The Kier molecular flexibility index (Phi) is 4.03. The van der Waals surface area contributed by atoms with Crippen LogP contribution in [0, 0.1) is 0 Å². The molecule has 4 rings (SSSR count). The number of aromatic nitrogens is 4. The number of fused-ring (bicyclic) bond motifs is 2. The van der Waals surface area contributed by atoms with Gasteiger partial charge in [0.05, 0.1) is 5.69 Å². The Morgan fingerprint density at radius 2 is 2.08 bits per heavy atom. The molecule has 2 aliphatic rings. The van der Waals surface area contributed by atoms with Gasteiger partial charge >= 0.3 is 0 Å². The minimum absolute atomic E-state index is 0.00222. The third-order valence-corrected chi connectivity index (χ3v) is 5.46. The Morgan fingerprint density at radius 1 is 1.28 bits per heavy atom. The van der Waals surface area contributed by atoms with Crippen molar-refractivity contribution in [1.82, 2.24) is 24.8 Å². The van der Waals surface area contributed by atoms with E-state index in [9.17, 15) is 4.79 Å². The molecule has 1 N–H and O–H groups in total. The number of anilines is 1. The predicted molar refractivity (Wildman–Crippen MR) is 95.7 cm³/mol. The van der Waals surface area contributed by atoms with Crippen molar-refractivity contribution >= 4 is 5.95 Å². The van der Waals surface area contributed by atoms with Crippen LogP contribution in [0.2, 0.25) is 0 Å². The number of hydrogen-bond donors (Lipinski definition) is 1. The van der Waals surface area contributed by atoms with Gasteiger partial charge in [-0.3, -0.25) is 14.7 Å². The smallest absolute Gasteiger partial charge is 0.255 e. The molecule has 3 heterocycles. The molecule has 1 unspecified atom stereocenters.